The van der Waals surface area contributed by atoms with E-state index in [1.54, 1.807) is 18.3 Å². The molecule has 5 heteroatoms. The van der Waals surface area contributed by atoms with E-state index in [0.29, 0.717) is 23.8 Å². The molecule has 0 atom stereocenters. The first kappa shape index (κ1) is 14.5. The van der Waals surface area contributed by atoms with Gasteiger partial charge in [0.25, 0.3) is 0 Å². The second-order valence-electron chi connectivity index (χ2n) is 5.86. The fourth-order valence-electron chi connectivity index (χ4n) is 3.04. The lowest BCUT2D eigenvalue weighted by Crippen LogP contribution is -2.31. The topological polar surface area (TPSA) is 66.0 Å². The molecule has 3 heterocycles. The molecule has 0 spiro atoms. The van der Waals surface area contributed by atoms with Gasteiger partial charge in [-0.05, 0) is 30.7 Å². The fourth-order valence-corrected chi connectivity index (χ4v) is 3.04. The Balaban J connectivity index is 1.67. The molecule has 0 fully saturated rings. The van der Waals surface area contributed by atoms with Crippen molar-refractivity contribution in [2.75, 3.05) is 11.4 Å². The highest BCUT2D eigenvalue weighted by molar-refractivity contribution is 5.59. The molecule has 0 radical (unpaired) electrons. The van der Waals surface area contributed by atoms with Crippen LogP contribution in [0.5, 0.6) is 0 Å². The van der Waals surface area contributed by atoms with E-state index in [2.05, 4.69) is 33.9 Å². The third-order valence-electron chi connectivity index (χ3n) is 4.31. The van der Waals surface area contributed by atoms with Crippen LogP contribution in [0, 0.1) is 18.3 Å². The van der Waals surface area contributed by atoms with Crippen molar-refractivity contribution in [1.82, 2.24) is 9.97 Å². The molecule has 4 rings (SSSR count). The molecule has 0 unspecified atom stereocenters. The monoisotopic (exact) mass is 316 g/mol. The molecule has 0 bridgehead atoms. The third-order valence-corrected chi connectivity index (χ3v) is 4.31. The molecule has 0 saturated carbocycles. The molecule has 1 aliphatic heterocycles. The van der Waals surface area contributed by atoms with Gasteiger partial charge in [0.1, 0.15) is 17.6 Å². The predicted octanol–water partition coefficient (Wildman–Crippen LogP) is 3.48. The maximum absolute atomic E-state index is 9.28. The first-order valence-corrected chi connectivity index (χ1v) is 7.91. The average molecular weight is 316 g/mol. The molecule has 1 aliphatic rings. The van der Waals surface area contributed by atoms with Crippen molar-refractivity contribution in [2.24, 2.45) is 0 Å². The fraction of sp³-hybridized carbons (Fsp3) is 0.211. The first-order chi connectivity index (χ1) is 11.8. The number of anilines is 1. The van der Waals surface area contributed by atoms with Gasteiger partial charge in [-0.15, -0.1) is 0 Å². The summed E-state index contributed by atoms with van der Waals surface area (Å²) in [7, 11) is 0. The van der Waals surface area contributed by atoms with Gasteiger partial charge in [0, 0.05) is 24.7 Å². The number of aryl methyl sites for hydroxylation is 1. The number of hydrogen-bond acceptors (Lipinski definition) is 5. The van der Waals surface area contributed by atoms with Crippen LogP contribution in [0.3, 0.4) is 0 Å². The van der Waals surface area contributed by atoms with Gasteiger partial charge in [0.15, 0.2) is 0 Å². The van der Waals surface area contributed by atoms with Crippen LogP contribution >= 0.6 is 0 Å². The van der Waals surface area contributed by atoms with Gasteiger partial charge >= 0.3 is 0 Å². The zero-order valence-corrected chi connectivity index (χ0v) is 13.4. The molecular formula is C19H16N4O. The molecule has 0 saturated heterocycles. The molecular weight excluding hydrogens is 300 g/mol. The molecule has 0 aliphatic carbocycles. The minimum absolute atomic E-state index is 0.583. The number of pyridine rings is 1. The summed E-state index contributed by atoms with van der Waals surface area (Å²) in [5.41, 5.74) is 3.75. The maximum atomic E-state index is 9.28. The van der Waals surface area contributed by atoms with Crippen molar-refractivity contribution in [3.8, 4) is 17.5 Å². The average Bonchev–Trinajstić information content (AvgIpc) is 3.05. The van der Waals surface area contributed by atoms with E-state index < -0.39 is 0 Å². The second-order valence-corrected chi connectivity index (χ2v) is 5.86. The molecule has 3 aromatic rings. The smallest absolute Gasteiger partial charge is 0.226 e. The van der Waals surface area contributed by atoms with Crippen molar-refractivity contribution >= 4 is 5.82 Å². The Morgan fingerprint density at radius 1 is 1.21 bits per heavy atom. The number of rotatable bonds is 2. The van der Waals surface area contributed by atoms with Crippen molar-refractivity contribution < 1.29 is 4.42 Å². The highest BCUT2D eigenvalue weighted by Gasteiger charge is 2.25. The number of benzene rings is 1. The van der Waals surface area contributed by atoms with Gasteiger partial charge in [0.05, 0.1) is 17.8 Å². The van der Waals surface area contributed by atoms with Crippen molar-refractivity contribution in [2.45, 2.75) is 19.9 Å². The number of nitrogens with zero attached hydrogens (tertiary/aromatic N) is 4. The van der Waals surface area contributed by atoms with Crippen LogP contribution in [0.2, 0.25) is 0 Å². The first-order valence-electron chi connectivity index (χ1n) is 7.91. The van der Waals surface area contributed by atoms with E-state index in [-0.39, 0.29) is 0 Å². The highest BCUT2D eigenvalue weighted by atomic mass is 16.4. The summed E-state index contributed by atoms with van der Waals surface area (Å²) >= 11 is 0. The van der Waals surface area contributed by atoms with Crippen LogP contribution in [0.1, 0.15) is 22.6 Å². The lowest BCUT2D eigenvalue weighted by atomic mass is 10.1. The van der Waals surface area contributed by atoms with Gasteiger partial charge < -0.3 is 9.32 Å². The molecule has 5 nitrogen and oxygen atoms in total. The minimum atomic E-state index is 0.583. The SMILES string of the molecule is Cc1ccccc1-c1nc2c(o1)CN(c1ncccc1C#N)CC2. The number of nitriles is 1. The quantitative estimate of drug-likeness (QED) is 0.724. The maximum Gasteiger partial charge on any atom is 0.226 e. The van der Waals surface area contributed by atoms with E-state index in [0.717, 1.165) is 35.5 Å². The lowest BCUT2D eigenvalue weighted by molar-refractivity contribution is 0.494. The Morgan fingerprint density at radius 2 is 2.08 bits per heavy atom. The molecule has 2 aromatic heterocycles. The largest absolute Gasteiger partial charge is 0.439 e. The minimum Gasteiger partial charge on any atom is -0.439 e. The summed E-state index contributed by atoms with van der Waals surface area (Å²) in [6.07, 6.45) is 2.50. The highest BCUT2D eigenvalue weighted by Crippen LogP contribution is 2.30. The van der Waals surface area contributed by atoms with Gasteiger partial charge in [-0.3, -0.25) is 0 Å². The molecule has 0 amide bonds. The summed E-state index contributed by atoms with van der Waals surface area (Å²) in [6, 6.07) is 13.9. The summed E-state index contributed by atoms with van der Waals surface area (Å²) in [5.74, 6) is 2.23. The number of hydrogen-bond donors (Lipinski definition) is 0. The van der Waals surface area contributed by atoms with Gasteiger partial charge in [-0.1, -0.05) is 18.2 Å². The van der Waals surface area contributed by atoms with Crippen LogP contribution < -0.4 is 4.90 Å². The summed E-state index contributed by atoms with van der Waals surface area (Å²) in [4.78, 5) is 11.1. The molecule has 1 aromatic carbocycles. The van der Waals surface area contributed by atoms with E-state index in [1.165, 1.54) is 0 Å². The molecule has 0 N–H and O–H groups in total. The van der Waals surface area contributed by atoms with E-state index in [9.17, 15) is 5.26 Å². The lowest BCUT2D eigenvalue weighted by Gasteiger charge is -2.26. The van der Waals surface area contributed by atoms with Crippen LogP contribution in [-0.2, 0) is 13.0 Å². The zero-order valence-electron chi connectivity index (χ0n) is 13.4. The van der Waals surface area contributed by atoms with Gasteiger partial charge in [-0.2, -0.15) is 5.26 Å². The molecule has 118 valence electrons. The van der Waals surface area contributed by atoms with Crippen molar-refractivity contribution in [3.63, 3.8) is 0 Å². The van der Waals surface area contributed by atoms with Gasteiger partial charge in [-0.25, -0.2) is 9.97 Å². The summed E-state index contributed by atoms with van der Waals surface area (Å²) in [6.45, 7) is 3.41. The number of aromatic nitrogens is 2. The Morgan fingerprint density at radius 3 is 2.92 bits per heavy atom. The van der Waals surface area contributed by atoms with Crippen LogP contribution in [0.4, 0.5) is 5.82 Å². The molecule has 24 heavy (non-hydrogen) atoms. The van der Waals surface area contributed by atoms with Crippen LogP contribution in [0.15, 0.2) is 47.0 Å². The summed E-state index contributed by atoms with van der Waals surface area (Å²) < 4.78 is 6.03. The van der Waals surface area contributed by atoms with E-state index in [1.807, 2.05) is 18.2 Å². The number of oxazole rings is 1. The van der Waals surface area contributed by atoms with E-state index >= 15 is 0 Å². The van der Waals surface area contributed by atoms with Crippen molar-refractivity contribution in [3.05, 3.63) is 65.2 Å². The zero-order chi connectivity index (χ0) is 16.5. The summed E-state index contributed by atoms with van der Waals surface area (Å²) in [5, 5.41) is 9.28. The van der Waals surface area contributed by atoms with Gasteiger partial charge in [0.2, 0.25) is 5.89 Å². The predicted molar refractivity (Wildman–Crippen MR) is 90.4 cm³/mol. The van der Waals surface area contributed by atoms with Crippen molar-refractivity contribution in [1.29, 1.82) is 5.26 Å². The van der Waals surface area contributed by atoms with E-state index in [4.69, 9.17) is 4.42 Å². The Hall–Kier alpha value is -3.13. The Bertz CT molecular complexity index is 939. The van der Waals surface area contributed by atoms with Crippen LogP contribution in [0.25, 0.3) is 11.5 Å². The number of fused-ring (bicyclic) bond motifs is 1. The Kier molecular flexibility index (Phi) is 3.51. The Labute approximate surface area is 140 Å². The van der Waals surface area contributed by atoms with Crippen LogP contribution in [-0.4, -0.2) is 16.5 Å². The standard InChI is InChI=1S/C19H16N4O/c1-13-5-2-3-7-15(13)19-22-16-8-10-23(12-17(16)24-19)18-14(11-20)6-4-9-21-18/h2-7,9H,8,10,12H2,1H3. The third kappa shape index (κ3) is 2.42. The second kappa shape index (κ2) is 5.82. The normalized spacial score (nSPS) is 13.4.